The van der Waals surface area contributed by atoms with Gasteiger partial charge in [0.25, 0.3) is 0 Å². The quantitative estimate of drug-likeness (QED) is 0.718. The van der Waals surface area contributed by atoms with Crippen molar-refractivity contribution in [2.45, 2.75) is 31.3 Å². The summed E-state index contributed by atoms with van der Waals surface area (Å²) in [6, 6.07) is 14.5. The molecule has 0 aromatic heterocycles. The highest BCUT2D eigenvalue weighted by Crippen LogP contribution is 2.44. The molecule has 0 radical (unpaired) electrons. The van der Waals surface area contributed by atoms with Crippen LogP contribution in [0.15, 0.2) is 48.5 Å². The number of ether oxygens (including phenoxy) is 2. The van der Waals surface area contributed by atoms with E-state index in [4.69, 9.17) is 9.47 Å². The molecular formula is C24H26N2O6. The van der Waals surface area contributed by atoms with Gasteiger partial charge in [0.15, 0.2) is 0 Å². The summed E-state index contributed by atoms with van der Waals surface area (Å²) in [7, 11) is 0. The number of carboxylic acids is 1. The number of hydrogen-bond donors (Lipinski definition) is 2. The van der Waals surface area contributed by atoms with Gasteiger partial charge >= 0.3 is 12.1 Å². The van der Waals surface area contributed by atoms with Crippen LogP contribution >= 0.6 is 0 Å². The van der Waals surface area contributed by atoms with Crippen LogP contribution in [0.5, 0.6) is 0 Å². The summed E-state index contributed by atoms with van der Waals surface area (Å²) in [6.07, 6.45) is -1.33. The molecule has 1 fully saturated rings. The van der Waals surface area contributed by atoms with Gasteiger partial charge in [0.2, 0.25) is 5.91 Å². The summed E-state index contributed by atoms with van der Waals surface area (Å²) < 4.78 is 10.8. The van der Waals surface area contributed by atoms with Crippen molar-refractivity contribution in [3.63, 3.8) is 0 Å². The first-order valence-electron chi connectivity index (χ1n) is 10.7. The van der Waals surface area contributed by atoms with Crippen molar-refractivity contribution >= 4 is 18.0 Å². The van der Waals surface area contributed by atoms with E-state index >= 15 is 0 Å². The van der Waals surface area contributed by atoms with Crippen LogP contribution in [0, 0.1) is 0 Å². The highest BCUT2D eigenvalue weighted by Gasteiger charge is 2.33. The number of rotatable bonds is 6. The Balaban J connectivity index is 1.44. The second-order valence-electron chi connectivity index (χ2n) is 8.08. The maximum absolute atomic E-state index is 12.9. The number of carbonyl (C=O) groups excluding carboxylic acids is 2. The van der Waals surface area contributed by atoms with Crippen molar-refractivity contribution in [3.05, 3.63) is 59.7 Å². The molecule has 2 atom stereocenters. The number of fused-ring (bicyclic) bond motifs is 3. The maximum Gasteiger partial charge on any atom is 0.407 e. The Kier molecular flexibility index (Phi) is 6.41. The third-order valence-corrected chi connectivity index (χ3v) is 5.96. The number of amides is 2. The number of morpholine rings is 1. The molecule has 2 aliphatic rings. The van der Waals surface area contributed by atoms with Crippen LogP contribution in [0.1, 0.15) is 30.4 Å². The second kappa shape index (κ2) is 9.40. The predicted molar refractivity (Wildman–Crippen MR) is 116 cm³/mol. The molecule has 2 aromatic carbocycles. The van der Waals surface area contributed by atoms with Gasteiger partial charge in [-0.25, -0.2) is 4.79 Å². The zero-order valence-electron chi connectivity index (χ0n) is 17.8. The number of carbonyl (C=O) groups is 3. The fourth-order valence-electron chi connectivity index (χ4n) is 4.41. The summed E-state index contributed by atoms with van der Waals surface area (Å²) in [5.41, 5.74) is 4.36. The van der Waals surface area contributed by atoms with Crippen LogP contribution in [0.2, 0.25) is 0 Å². The molecule has 0 spiro atoms. The molecular weight excluding hydrogens is 412 g/mol. The van der Waals surface area contributed by atoms with E-state index in [0.29, 0.717) is 19.8 Å². The fraction of sp³-hybridized carbons (Fsp3) is 0.375. The Morgan fingerprint density at radius 3 is 2.34 bits per heavy atom. The van der Waals surface area contributed by atoms with E-state index in [2.05, 4.69) is 5.32 Å². The third-order valence-electron chi connectivity index (χ3n) is 5.96. The van der Waals surface area contributed by atoms with Crippen LogP contribution in [-0.2, 0) is 19.1 Å². The van der Waals surface area contributed by atoms with Gasteiger partial charge in [0.1, 0.15) is 12.6 Å². The number of nitrogens with zero attached hydrogens (tertiary/aromatic N) is 1. The Morgan fingerprint density at radius 1 is 1.12 bits per heavy atom. The lowest BCUT2D eigenvalue weighted by Crippen LogP contribution is -2.55. The first-order chi connectivity index (χ1) is 15.5. The topological polar surface area (TPSA) is 105 Å². The van der Waals surface area contributed by atoms with Gasteiger partial charge in [-0.05, 0) is 29.2 Å². The van der Waals surface area contributed by atoms with Crippen molar-refractivity contribution in [2.75, 3.05) is 26.4 Å². The number of hydrogen-bond acceptors (Lipinski definition) is 5. The van der Waals surface area contributed by atoms with Gasteiger partial charge in [0.05, 0.1) is 25.7 Å². The number of aliphatic carboxylic acids is 1. The highest BCUT2D eigenvalue weighted by atomic mass is 16.5. The molecule has 1 aliphatic heterocycles. The smallest absolute Gasteiger partial charge is 0.407 e. The van der Waals surface area contributed by atoms with Gasteiger partial charge in [0, 0.05) is 12.5 Å². The molecule has 0 saturated carbocycles. The summed E-state index contributed by atoms with van der Waals surface area (Å²) in [5, 5.41) is 11.7. The molecule has 4 rings (SSSR count). The molecule has 1 heterocycles. The van der Waals surface area contributed by atoms with E-state index in [1.807, 2.05) is 55.5 Å². The first kappa shape index (κ1) is 21.8. The summed E-state index contributed by atoms with van der Waals surface area (Å²) in [6.45, 7) is 3.00. The van der Waals surface area contributed by atoms with E-state index in [0.717, 1.165) is 22.3 Å². The fourth-order valence-corrected chi connectivity index (χ4v) is 4.41. The monoisotopic (exact) mass is 438 g/mol. The van der Waals surface area contributed by atoms with Gasteiger partial charge in [-0.1, -0.05) is 48.5 Å². The average molecular weight is 438 g/mol. The van der Waals surface area contributed by atoms with Crippen molar-refractivity contribution < 1.29 is 29.0 Å². The Hall–Kier alpha value is -3.39. The zero-order chi connectivity index (χ0) is 22.7. The van der Waals surface area contributed by atoms with E-state index in [9.17, 15) is 19.5 Å². The summed E-state index contributed by atoms with van der Waals surface area (Å²) >= 11 is 0. The van der Waals surface area contributed by atoms with Gasteiger partial charge in [-0.3, -0.25) is 9.59 Å². The lowest BCUT2D eigenvalue weighted by atomic mass is 9.98. The van der Waals surface area contributed by atoms with Crippen LogP contribution in [0.4, 0.5) is 4.79 Å². The van der Waals surface area contributed by atoms with Gasteiger partial charge < -0.3 is 24.8 Å². The SMILES string of the molecule is C[C@H]1COCCN1C(=O)C(CC(=O)O)NC(=O)OCC1c2ccccc2-c2ccccc21. The number of carboxylic acid groups (broad SMARTS) is 1. The minimum Gasteiger partial charge on any atom is -0.481 e. The molecule has 8 heteroatoms. The first-order valence-corrected chi connectivity index (χ1v) is 10.7. The largest absolute Gasteiger partial charge is 0.481 e. The molecule has 2 N–H and O–H groups in total. The van der Waals surface area contributed by atoms with Crippen LogP contribution in [0.25, 0.3) is 11.1 Å². The molecule has 2 aromatic rings. The summed E-state index contributed by atoms with van der Waals surface area (Å²) in [5.74, 6) is -1.75. The average Bonchev–Trinajstić information content (AvgIpc) is 3.10. The number of benzene rings is 2. The molecule has 1 aliphatic carbocycles. The van der Waals surface area contributed by atoms with Gasteiger partial charge in [-0.15, -0.1) is 0 Å². The summed E-state index contributed by atoms with van der Waals surface area (Å²) in [4.78, 5) is 38.3. The van der Waals surface area contributed by atoms with Crippen molar-refractivity contribution in [1.82, 2.24) is 10.2 Å². The highest BCUT2D eigenvalue weighted by molar-refractivity contribution is 5.89. The predicted octanol–water partition coefficient (Wildman–Crippen LogP) is 2.62. The van der Waals surface area contributed by atoms with E-state index in [1.54, 1.807) is 4.90 Å². The lowest BCUT2D eigenvalue weighted by molar-refractivity contribution is -0.146. The minimum atomic E-state index is -1.20. The molecule has 0 bridgehead atoms. The third kappa shape index (κ3) is 4.45. The molecule has 8 nitrogen and oxygen atoms in total. The standard InChI is InChI=1S/C24H26N2O6/c1-15-13-31-11-10-26(15)23(29)21(12-22(27)28)25-24(30)32-14-20-18-8-4-2-6-16(18)17-7-3-5-9-19(17)20/h2-9,15,20-21H,10-14H2,1H3,(H,25,30)(H,27,28)/t15-,21?/m0/s1. The molecule has 32 heavy (non-hydrogen) atoms. The Morgan fingerprint density at radius 2 is 1.75 bits per heavy atom. The maximum atomic E-state index is 12.9. The van der Waals surface area contributed by atoms with E-state index in [1.165, 1.54) is 0 Å². The number of alkyl carbamates (subject to hydrolysis) is 1. The van der Waals surface area contributed by atoms with Crippen molar-refractivity contribution in [1.29, 1.82) is 0 Å². The van der Waals surface area contributed by atoms with Crippen LogP contribution in [-0.4, -0.2) is 66.4 Å². The van der Waals surface area contributed by atoms with Crippen molar-refractivity contribution in [3.8, 4) is 11.1 Å². The lowest BCUT2D eigenvalue weighted by Gasteiger charge is -2.35. The van der Waals surface area contributed by atoms with Crippen molar-refractivity contribution in [2.24, 2.45) is 0 Å². The van der Waals surface area contributed by atoms with E-state index in [-0.39, 0.29) is 18.6 Å². The van der Waals surface area contributed by atoms with Crippen LogP contribution < -0.4 is 5.32 Å². The Bertz CT molecular complexity index is 978. The van der Waals surface area contributed by atoms with Crippen LogP contribution in [0.3, 0.4) is 0 Å². The molecule has 1 saturated heterocycles. The molecule has 1 unspecified atom stereocenters. The molecule has 2 amide bonds. The normalized spacial score (nSPS) is 18.4. The Labute approximate surface area is 186 Å². The molecule has 168 valence electrons. The van der Waals surface area contributed by atoms with E-state index < -0.39 is 30.4 Å². The minimum absolute atomic E-state index is 0.0851. The van der Waals surface area contributed by atoms with Gasteiger partial charge in [-0.2, -0.15) is 0 Å². The number of nitrogens with one attached hydrogen (secondary N) is 1. The zero-order valence-corrected chi connectivity index (χ0v) is 17.8. The second-order valence-corrected chi connectivity index (χ2v) is 8.08.